The summed E-state index contributed by atoms with van der Waals surface area (Å²) in [5.74, 6) is 0.847. The van der Waals surface area contributed by atoms with Gasteiger partial charge >= 0.3 is 0 Å². The lowest BCUT2D eigenvalue weighted by Gasteiger charge is -2.18. The van der Waals surface area contributed by atoms with E-state index in [2.05, 4.69) is 10.3 Å². The molecule has 1 aliphatic heterocycles. The zero-order chi connectivity index (χ0) is 12.7. The molecular formula is C15H11N3O. The summed E-state index contributed by atoms with van der Waals surface area (Å²) in [6.07, 6.45) is 0. The predicted octanol–water partition coefficient (Wildman–Crippen LogP) is 2.83. The number of nitrogens with zero attached hydrogens (tertiary/aromatic N) is 3. The van der Waals surface area contributed by atoms with Gasteiger partial charge in [0.25, 0.3) is 0 Å². The van der Waals surface area contributed by atoms with Gasteiger partial charge in [-0.15, -0.1) is 5.10 Å². The van der Waals surface area contributed by atoms with Crippen molar-refractivity contribution in [3.8, 4) is 22.7 Å². The smallest absolute Gasteiger partial charge is 0.145 e. The molecule has 0 saturated heterocycles. The molecule has 1 aliphatic rings. The summed E-state index contributed by atoms with van der Waals surface area (Å²) in [7, 11) is 0. The Bertz CT molecular complexity index is 721. The first-order valence-corrected chi connectivity index (χ1v) is 6.16. The molecule has 1 aromatic heterocycles. The van der Waals surface area contributed by atoms with Crippen LogP contribution in [-0.2, 0) is 6.61 Å². The van der Waals surface area contributed by atoms with E-state index in [4.69, 9.17) is 4.74 Å². The number of ether oxygens (including phenoxy) is 1. The van der Waals surface area contributed by atoms with Gasteiger partial charge in [-0.3, -0.25) is 0 Å². The number of benzene rings is 2. The van der Waals surface area contributed by atoms with Gasteiger partial charge in [-0.1, -0.05) is 47.7 Å². The van der Waals surface area contributed by atoms with Gasteiger partial charge in [0.1, 0.15) is 29.4 Å². The average molecular weight is 249 g/mol. The number of aromatic nitrogens is 3. The van der Waals surface area contributed by atoms with Crippen LogP contribution in [0.15, 0.2) is 54.6 Å². The van der Waals surface area contributed by atoms with Gasteiger partial charge in [-0.05, 0) is 12.1 Å². The quantitative estimate of drug-likeness (QED) is 0.665. The maximum absolute atomic E-state index is 5.77. The van der Waals surface area contributed by atoms with Crippen molar-refractivity contribution in [1.29, 1.82) is 0 Å². The fourth-order valence-electron chi connectivity index (χ4n) is 2.35. The number of para-hydroxylation sites is 2. The van der Waals surface area contributed by atoms with Crippen LogP contribution in [0.4, 0.5) is 0 Å². The van der Waals surface area contributed by atoms with Gasteiger partial charge in [0, 0.05) is 5.56 Å². The summed E-state index contributed by atoms with van der Waals surface area (Å²) in [6.45, 7) is 0.494. The van der Waals surface area contributed by atoms with E-state index in [0.29, 0.717) is 6.61 Å². The zero-order valence-corrected chi connectivity index (χ0v) is 10.2. The second-order valence-electron chi connectivity index (χ2n) is 4.42. The van der Waals surface area contributed by atoms with E-state index >= 15 is 0 Å². The van der Waals surface area contributed by atoms with Gasteiger partial charge in [-0.25, -0.2) is 4.68 Å². The third-order valence-electron chi connectivity index (χ3n) is 3.27. The number of hydrogen-bond acceptors (Lipinski definition) is 3. The molecule has 0 amide bonds. The van der Waals surface area contributed by atoms with Gasteiger partial charge in [-0.2, -0.15) is 0 Å². The summed E-state index contributed by atoms with van der Waals surface area (Å²) in [5, 5.41) is 8.56. The maximum atomic E-state index is 5.77. The molecule has 0 N–H and O–H groups in total. The fourth-order valence-corrected chi connectivity index (χ4v) is 2.35. The zero-order valence-electron chi connectivity index (χ0n) is 10.2. The molecule has 4 rings (SSSR count). The number of rotatable bonds is 1. The molecule has 0 atom stereocenters. The van der Waals surface area contributed by atoms with Crippen LogP contribution in [0.1, 0.15) is 5.69 Å². The van der Waals surface area contributed by atoms with Gasteiger partial charge < -0.3 is 4.74 Å². The summed E-state index contributed by atoms with van der Waals surface area (Å²) < 4.78 is 7.63. The van der Waals surface area contributed by atoms with Crippen molar-refractivity contribution < 1.29 is 4.74 Å². The second-order valence-corrected chi connectivity index (χ2v) is 4.42. The minimum absolute atomic E-state index is 0.494. The summed E-state index contributed by atoms with van der Waals surface area (Å²) in [5.41, 5.74) is 3.88. The van der Waals surface area contributed by atoms with Crippen molar-refractivity contribution in [2.24, 2.45) is 0 Å². The normalized spacial score (nSPS) is 12.4. The molecule has 2 aromatic carbocycles. The van der Waals surface area contributed by atoms with Crippen molar-refractivity contribution in [2.45, 2.75) is 6.61 Å². The highest BCUT2D eigenvalue weighted by Crippen LogP contribution is 2.32. The highest BCUT2D eigenvalue weighted by atomic mass is 16.5. The third-order valence-corrected chi connectivity index (χ3v) is 3.27. The van der Waals surface area contributed by atoms with Crippen LogP contribution in [0.25, 0.3) is 16.9 Å². The molecule has 0 unspecified atom stereocenters. The molecule has 4 nitrogen and oxygen atoms in total. The summed E-state index contributed by atoms with van der Waals surface area (Å²) >= 11 is 0. The lowest BCUT2D eigenvalue weighted by Crippen LogP contribution is -2.13. The van der Waals surface area contributed by atoms with Crippen LogP contribution in [-0.4, -0.2) is 15.0 Å². The lowest BCUT2D eigenvalue weighted by atomic mass is 10.1. The average Bonchev–Trinajstić information content (AvgIpc) is 2.92. The molecule has 4 heteroatoms. The monoisotopic (exact) mass is 249 g/mol. The molecule has 19 heavy (non-hydrogen) atoms. The predicted molar refractivity (Wildman–Crippen MR) is 71.1 cm³/mol. The van der Waals surface area contributed by atoms with Crippen LogP contribution in [0, 0.1) is 0 Å². The first-order chi connectivity index (χ1) is 9.43. The standard InChI is InChI=1S/C15H11N3O/c1-2-6-11(7-3-1)15-13-10-19-14-9-5-4-8-12(14)18(13)17-16-15/h1-9H,10H2. The molecule has 0 spiro atoms. The van der Waals surface area contributed by atoms with Crippen molar-refractivity contribution >= 4 is 0 Å². The van der Waals surface area contributed by atoms with Crippen LogP contribution in [0.2, 0.25) is 0 Å². The van der Waals surface area contributed by atoms with Gasteiger partial charge in [0.05, 0.1) is 0 Å². The van der Waals surface area contributed by atoms with E-state index in [-0.39, 0.29) is 0 Å². The van der Waals surface area contributed by atoms with Gasteiger partial charge in [0.15, 0.2) is 0 Å². The number of hydrogen-bond donors (Lipinski definition) is 0. The Kier molecular flexibility index (Phi) is 2.14. The molecular weight excluding hydrogens is 238 g/mol. The molecule has 3 aromatic rings. The fraction of sp³-hybridized carbons (Fsp3) is 0.0667. The van der Waals surface area contributed by atoms with E-state index < -0.39 is 0 Å². The highest BCUT2D eigenvalue weighted by molar-refractivity contribution is 5.63. The molecule has 0 radical (unpaired) electrons. The van der Waals surface area contributed by atoms with E-state index in [9.17, 15) is 0 Å². The largest absolute Gasteiger partial charge is 0.485 e. The maximum Gasteiger partial charge on any atom is 0.145 e. The number of fused-ring (bicyclic) bond motifs is 3. The Morgan fingerprint density at radius 3 is 2.63 bits per heavy atom. The van der Waals surface area contributed by atoms with E-state index in [1.165, 1.54) is 0 Å². The molecule has 0 fully saturated rings. The molecule has 0 saturated carbocycles. The Balaban J connectivity index is 1.91. The van der Waals surface area contributed by atoms with Crippen LogP contribution < -0.4 is 4.74 Å². The summed E-state index contributed by atoms with van der Waals surface area (Å²) in [4.78, 5) is 0. The lowest BCUT2D eigenvalue weighted by molar-refractivity contribution is 0.282. The first-order valence-electron chi connectivity index (χ1n) is 6.16. The topological polar surface area (TPSA) is 39.9 Å². The molecule has 2 heterocycles. The van der Waals surface area contributed by atoms with Crippen LogP contribution >= 0.6 is 0 Å². The molecule has 92 valence electrons. The van der Waals surface area contributed by atoms with E-state index in [1.54, 1.807) is 0 Å². The van der Waals surface area contributed by atoms with Crippen molar-refractivity contribution in [3.63, 3.8) is 0 Å². The first kappa shape index (κ1) is 10.3. The third kappa shape index (κ3) is 1.53. The Morgan fingerprint density at radius 1 is 0.947 bits per heavy atom. The van der Waals surface area contributed by atoms with Crippen molar-refractivity contribution in [2.75, 3.05) is 0 Å². The minimum Gasteiger partial charge on any atom is -0.485 e. The van der Waals surface area contributed by atoms with E-state index in [0.717, 1.165) is 28.4 Å². The minimum atomic E-state index is 0.494. The van der Waals surface area contributed by atoms with Gasteiger partial charge in [0.2, 0.25) is 0 Å². The Hall–Kier alpha value is -2.62. The molecule has 0 aliphatic carbocycles. The van der Waals surface area contributed by atoms with Crippen LogP contribution in [0.5, 0.6) is 5.75 Å². The van der Waals surface area contributed by atoms with Crippen molar-refractivity contribution in [3.05, 3.63) is 60.3 Å². The Morgan fingerprint density at radius 2 is 1.74 bits per heavy atom. The summed E-state index contributed by atoms with van der Waals surface area (Å²) in [6, 6.07) is 17.9. The van der Waals surface area contributed by atoms with E-state index in [1.807, 2.05) is 59.3 Å². The molecule has 0 bridgehead atoms. The second kappa shape index (κ2) is 3.95. The van der Waals surface area contributed by atoms with Crippen molar-refractivity contribution in [1.82, 2.24) is 15.0 Å². The SMILES string of the molecule is c1ccc(-c2nnn3c2COc2ccccc2-3)cc1. The highest BCUT2D eigenvalue weighted by Gasteiger charge is 2.22. The van der Waals surface area contributed by atoms with Crippen LogP contribution in [0.3, 0.4) is 0 Å². The Labute approximate surface area is 110 Å².